The molecule has 1 aliphatic heterocycles. The van der Waals surface area contributed by atoms with E-state index in [2.05, 4.69) is 18.3 Å². The molecule has 1 heterocycles. The first-order valence-corrected chi connectivity index (χ1v) is 6.18. The first-order valence-electron chi connectivity index (χ1n) is 6.18. The highest BCUT2D eigenvalue weighted by molar-refractivity contribution is 5.97. The second-order valence-corrected chi connectivity index (χ2v) is 4.84. The van der Waals surface area contributed by atoms with Crippen molar-refractivity contribution in [2.75, 3.05) is 18.5 Å². The Morgan fingerprint density at radius 3 is 2.76 bits per heavy atom. The molecule has 1 aromatic carbocycles. The van der Waals surface area contributed by atoms with E-state index < -0.39 is 0 Å². The molecule has 1 aromatic rings. The summed E-state index contributed by atoms with van der Waals surface area (Å²) in [6.45, 7) is 5.07. The van der Waals surface area contributed by atoms with Gasteiger partial charge in [-0.25, -0.2) is 0 Å². The second-order valence-electron chi connectivity index (χ2n) is 4.84. The molecular formula is C14H20N2O. The van der Waals surface area contributed by atoms with E-state index in [1.54, 1.807) is 4.90 Å². The van der Waals surface area contributed by atoms with Gasteiger partial charge in [0.2, 0.25) is 5.91 Å². The predicted octanol–water partition coefficient (Wildman–Crippen LogP) is 2.02. The van der Waals surface area contributed by atoms with Crippen molar-refractivity contribution in [3.63, 3.8) is 0 Å². The van der Waals surface area contributed by atoms with Crippen molar-refractivity contribution in [2.45, 2.75) is 32.7 Å². The summed E-state index contributed by atoms with van der Waals surface area (Å²) in [6.07, 6.45) is 2.05. The second kappa shape index (κ2) is 4.88. The van der Waals surface area contributed by atoms with E-state index in [9.17, 15) is 4.79 Å². The summed E-state index contributed by atoms with van der Waals surface area (Å²) in [5, 5.41) is 3.25. The number of benzene rings is 1. The highest BCUT2D eigenvalue weighted by Crippen LogP contribution is 2.21. The van der Waals surface area contributed by atoms with Gasteiger partial charge in [0, 0.05) is 12.7 Å². The number of nitrogens with one attached hydrogen (secondary N) is 1. The molecule has 0 aromatic heterocycles. The molecule has 1 fully saturated rings. The maximum Gasteiger partial charge on any atom is 0.243 e. The van der Waals surface area contributed by atoms with Crippen molar-refractivity contribution in [1.29, 1.82) is 0 Å². The molecule has 1 atom stereocenters. The minimum Gasteiger partial charge on any atom is -0.314 e. The van der Waals surface area contributed by atoms with Crippen molar-refractivity contribution < 1.29 is 4.79 Å². The van der Waals surface area contributed by atoms with Crippen molar-refractivity contribution in [2.24, 2.45) is 0 Å². The lowest BCUT2D eigenvalue weighted by molar-refractivity contribution is -0.119. The molecule has 0 bridgehead atoms. The van der Waals surface area contributed by atoms with Crippen LogP contribution in [0.5, 0.6) is 0 Å². The Bertz CT molecular complexity index is 422. The molecule has 2 rings (SSSR count). The number of likely N-dealkylation sites (N-methyl/N-ethyl adjacent to an activating group) is 1. The molecule has 0 aliphatic carbocycles. The normalized spacial score (nSPS) is 19.4. The fraction of sp³-hybridized carbons (Fsp3) is 0.500. The highest BCUT2D eigenvalue weighted by atomic mass is 16.2. The Morgan fingerprint density at radius 1 is 1.41 bits per heavy atom. The SMILES string of the molecule is Cc1ccc(N(C)C(=O)[C@@H]2CCCN2)c(C)c1. The van der Waals surface area contributed by atoms with Crippen molar-refractivity contribution in [3.05, 3.63) is 29.3 Å². The molecule has 1 saturated heterocycles. The van der Waals surface area contributed by atoms with E-state index >= 15 is 0 Å². The van der Waals surface area contributed by atoms with Gasteiger partial charge in [0.15, 0.2) is 0 Å². The zero-order chi connectivity index (χ0) is 12.4. The fourth-order valence-electron chi connectivity index (χ4n) is 2.43. The third-order valence-electron chi connectivity index (χ3n) is 3.40. The molecule has 92 valence electrons. The Labute approximate surface area is 103 Å². The lowest BCUT2D eigenvalue weighted by Gasteiger charge is -2.23. The number of hydrogen-bond donors (Lipinski definition) is 1. The number of carbonyl (C=O) groups excluding carboxylic acids is 1. The number of rotatable bonds is 2. The van der Waals surface area contributed by atoms with E-state index in [0.717, 1.165) is 30.6 Å². The van der Waals surface area contributed by atoms with Crippen LogP contribution in [0.25, 0.3) is 0 Å². The topological polar surface area (TPSA) is 32.3 Å². The van der Waals surface area contributed by atoms with Gasteiger partial charge in [-0.1, -0.05) is 17.7 Å². The van der Waals surface area contributed by atoms with Gasteiger partial charge in [-0.15, -0.1) is 0 Å². The summed E-state index contributed by atoms with van der Waals surface area (Å²) in [5.74, 6) is 0.175. The average molecular weight is 232 g/mol. The smallest absolute Gasteiger partial charge is 0.243 e. The van der Waals surface area contributed by atoms with Gasteiger partial charge in [-0.2, -0.15) is 0 Å². The van der Waals surface area contributed by atoms with Crippen LogP contribution < -0.4 is 10.2 Å². The standard InChI is InChI=1S/C14H20N2O/c1-10-6-7-13(11(2)9-10)16(3)14(17)12-5-4-8-15-12/h6-7,9,12,15H,4-5,8H2,1-3H3/t12-/m0/s1. The van der Waals surface area contributed by atoms with Gasteiger partial charge in [0.05, 0.1) is 6.04 Å². The Hall–Kier alpha value is -1.35. The van der Waals surface area contributed by atoms with Crippen LogP contribution in [0.15, 0.2) is 18.2 Å². The first kappa shape index (κ1) is 12.1. The van der Waals surface area contributed by atoms with Crippen molar-refractivity contribution in [1.82, 2.24) is 5.32 Å². The molecule has 0 spiro atoms. The molecule has 1 aliphatic rings. The summed E-state index contributed by atoms with van der Waals surface area (Å²) in [7, 11) is 1.86. The Balaban J connectivity index is 2.18. The highest BCUT2D eigenvalue weighted by Gasteiger charge is 2.26. The number of nitrogens with zero attached hydrogens (tertiary/aromatic N) is 1. The minimum absolute atomic E-state index is 0.000651. The van der Waals surface area contributed by atoms with Gasteiger partial charge in [-0.3, -0.25) is 4.79 Å². The monoisotopic (exact) mass is 232 g/mol. The molecule has 0 unspecified atom stereocenters. The number of anilines is 1. The van der Waals surface area contributed by atoms with Gasteiger partial charge in [-0.05, 0) is 44.9 Å². The van der Waals surface area contributed by atoms with Crippen LogP contribution in [-0.4, -0.2) is 25.5 Å². The van der Waals surface area contributed by atoms with Crippen LogP contribution in [0.1, 0.15) is 24.0 Å². The van der Waals surface area contributed by atoms with Gasteiger partial charge < -0.3 is 10.2 Å². The van der Waals surface area contributed by atoms with E-state index in [4.69, 9.17) is 0 Å². The maximum absolute atomic E-state index is 12.2. The quantitative estimate of drug-likeness (QED) is 0.846. The third-order valence-corrected chi connectivity index (χ3v) is 3.40. The lowest BCUT2D eigenvalue weighted by atomic mass is 10.1. The average Bonchev–Trinajstić information content (AvgIpc) is 2.80. The summed E-state index contributed by atoms with van der Waals surface area (Å²) in [4.78, 5) is 14.0. The van der Waals surface area contributed by atoms with Crippen LogP contribution >= 0.6 is 0 Å². The first-order chi connectivity index (χ1) is 8.09. The minimum atomic E-state index is 0.000651. The van der Waals surface area contributed by atoms with Crippen LogP contribution in [0.2, 0.25) is 0 Å². The fourth-order valence-corrected chi connectivity index (χ4v) is 2.43. The van der Waals surface area contributed by atoms with E-state index in [1.807, 2.05) is 26.1 Å². The van der Waals surface area contributed by atoms with Gasteiger partial charge >= 0.3 is 0 Å². The predicted molar refractivity (Wildman–Crippen MR) is 70.4 cm³/mol. The third kappa shape index (κ3) is 2.50. The van der Waals surface area contributed by atoms with E-state index in [1.165, 1.54) is 5.56 Å². The number of hydrogen-bond acceptors (Lipinski definition) is 2. The van der Waals surface area contributed by atoms with Crippen LogP contribution in [0.4, 0.5) is 5.69 Å². The lowest BCUT2D eigenvalue weighted by Crippen LogP contribution is -2.41. The van der Waals surface area contributed by atoms with Crippen LogP contribution in [-0.2, 0) is 4.79 Å². The number of aryl methyl sites for hydroxylation is 2. The van der Waals surface area contributed by atoms with Gasteiger partial charge in [0.1, 0.15) is 0 Å². The zero-order valence-corrected chi connectivity index (χ0v) is 10.8. The van der Waals surface area contributed by atoms with E-state index in [-0.39, 0.29) is 11.9 Å². The zero-order valence-electron chi connectivity index (χ0n) is 10.8. The van der Waals surface area contributed by atoms with Crippen LogP contribution in [0.3, 0.4) is 0 Å². The molecule has 0 saturated carbocycles. The van der Waals surface area contributed by atoms with Crippen LogP contribution in [0, 0.1) is 13.8 Å². The molecule has 1 amide bonds. The maximum atomic E-state index is 12.2. The summed E-state index contributed by atoms with van der Waals surface area (Å²) >= 11 is 0. The van der Waals surface area contributed by atoms with Gasteiger partial charge in [0.25, 0.3) is 0 Å². The summed E-state index contributed by atoms with van der Waals surface area (Å²) in [5.41, 5.74) is 3.39. The van der Waals surface area contributed by atoms with Crippen molar-refractivity contribution in [3.8, 4) is 0 Å². The number of amides is 1. The Kier molecular flexibility index (Phi) is 3.48. The number of carbonyl (C=O) groups is 1. The molecule has 0 radical (unpaired) electrons. The van der Waals surface area contributed by atoms with Crippen molar-refractivity contribution >= 4 is 11.6 Å². The molecule has 3 nitrogen and oxygen atoms in total. The van der Waals surface area contributed by atoms with E-state index in [0.29, 0.717) is 0 Å². The summed E-state index contributed by atoms with van der Waals surface area (Å²) < 4.78 is 0. The largest absolute Gasteiger partial charge is 0.314 e. The molecule has 3 heteroatoms. The molecule has 1 N–H and O–H groups in total. The summed E-state index contributed by atoms with van der Waals surface area (Å²) in [6, 6.07) is 6.19. The molecule has 17 heavy (non-hydrogen) atoms. The molecular weight excluding hydrogens is 212 g/mol. The Morgan fingerprint density at radius 2 is 2.18 bits per heavy atom.